The first-order valence-corrected chi connectivity index (χ1v) is 11.8. The lowest BCUT2D eigenvalue weighted by molar-refractivity contribution is -0.113. The molecule has 0 saturated carbocycles. The maximum atomic E-state index is 12.5. The molecule has 168 valence electrons. The van der Waals surface area contributed by atoms with Gasteiger partial charge in [-0.2, -0.15) is 0 Å². The Bertz CT molecular complexity index is 1240. The van der Waals surface area contributed by atoms with Gasteiger partial charge in [0, 0.05) is 11.4 Å². The van der Waals surface area contributed by atoms with Crippen molar-refractivity contribution in [1.29, 1.82) is 0 Å². The number of hydrogen-bond donors (Lipinski definition) is 2. The SMILES string of the molecule is Cc1ccc(NCc2nnc(SCC(=O)Nc3ccccc3Cl)n2-c2ccc(C)cc2)cc1. The highest BCUT2D eigenvalue weighted by molar-refractivity contribution is 7.99. The Labute approximate surface area is 202 Å². The second-order valence-corrected chi connectivity index (χ2v) is 8.96. The first kappa shape index (κ1) is 22.9. The third-order valence-electron chi connectivity index (χ3n) is 4.98. The summed E-state index contributed by atoms with van der Waals surface area (Å²) >= 11 is 7.48. The summed E-state index contributed by atoms with van der Waals surface area (Å²) in [4.78, 5) is 12.5. The Morgan fingerprint density at radius 2 is 1.61 bits per heavy atom. The molecule has 3 aromatic carbocycles. The highest BCUT2D eigenvalue weighted by atomic mass is 35.5. The molecule has 4 aromatic rings. The molecule has 0 fully saturated rings. The molecule has 6 nitrogen and oxygen atoms in total. The summed E-state index contributed by atoms with van der Waals surface area (Å²) in [7, 11) is 0. The van der Waals surface area contributed by atoms with Crippen molar-refractivity contribution in [3.8, 4) is 5.69 Å². The van der Waals surface area contributed by atoms with Crippen molar-refractivity contribution in [2.75, 3.05) is 16.4 Å². The number of nitrogens with one attached hydrogen (secondary N) is 2. The number of nitrogens with zero attached hydrogens (tertiary/aromatic N) is 3. The summed E-state index contributed by atoms with van der Waals surface area (Å²) in [5.41, 5.74) is 4.91. The molecule has 33 heavy (non-hydrogen) atoms. The zero-order valence-electron chi connectivity index (χ0n) is 18.4. The highest BCUT2D eigenvalue weighted by Gasteiger charge is 2.16. The van der Waals surface area contributed by atoms with Crippen molar-refractivity contribution >= 4 is 40.6 Å². The van der Waals surface area contributed by atoms with Gasteiger partial charge in [0.1, 0.15) is 0 Å². The minimum atomic E-state index is -0.161. The molecule has 0 atom stereocenters. The van der Waals surface area contributed by atoms with Crippen LogP contribution in [0.4, 0.5) is 11.4 Å². The Kier molecular flexibility index (Phi) is 7.32. The van der Waals surface area contributed by atoms with Gasteiger partial charge in [0.05, 0.1) is 23.0 Å². The van der Waals surface area contributed by atoms with Gasteiger partial charge in [0.25, 0.3) is 0 Å². The number of anilines is 2. The van der Waals surface area contributed by atoms with Crippen LogP contribution in [0.15, 0.2) is 78.0 Å². The van der Waals surface area contributed by atoms with E-state index in [0.29, 0.717) is 22.4 Å². The maximum absolute atomic E-state index is 12.5. The zero-order valence-corrected chi connectivity index (χ0v) is 20.0. The monoisotopic (exact) mass is 477 g/mol. The molecule has 0 aliphatic carbocycles. The van der Waals surface area contributed by atoms with E-state index in [1.165, 1.54) is 22.9 Å². The number of benzene rings is 3. The molecule has 0 aliphatic rings. The molecular formula is C25H24ClN5OS. The van der Waals surface area contributed by atoms with Crippen LogP contribution in [-0.4, -0.2) is 26.4 Å². The number of aromatic nitrogens is 3. The van der Waals surface area contributed by atoms with E-state index >= 15 is 0 Å². The summed E-state index contributed by atoms with van der Waals surface area (Å²) in [5.74, 6) is 0.778. The van der Waals surface area contributed by atoms with Gasteiger partial charge in [-0.15, -0.1) is 10.2 Å². The lowest BCUT2D eigenvalue weighted by Gasteiger charge is -2.12. The van der Waals surface area contributed by atoms with Crippen LogP contribution < -0.4 is 10.6 Å². The lowest BCUT2D eigenvalue weighted by Crippen LogP contribution is -2.15. The van der Waals surface area contributed by atoms with Crippen LogP contribution in [0.25, 0.3) is 5.69 Å². The van der Waals surface area contributed by atoms with Gasteiger partial charge in [-0.05, 0) is 50.2 Å². The van der Waals surface area contributed by atoms with E-state index < -0.39 is 0 Å². The van der Waals surface area contributed by atoms with Crippen LogP contribution in [-0.2, 0) is 11.3 Å². The number of aryl methyl sites for hydroxylation is 2. The smallest absolute Gasteiger partial charge is 0.234 e. The van der Waals surface area contributed by atoms with Crippen molar-refractivity contribution < 1.29 is 4.79 Å². The minimum Gasteiger partial charge on any atom is -0.378 e. The average Bonchev–Trinajstić information content (AvgIpc) is 3.22. The predicted octanol–water partition coefficient (Wildman–Crippen LogP) is 5.88. The standard InChI is InChI=1S/C25H24ClN5OS/c1-17-7-11-19(12-8-17)27-15-23-29-30-25(31(23)20-13-9-18(2)10-14-20)33-16-24(32)28-22-6-4-3-5-21(22)26/h3-14,27H,15-16H2,1-2H3,(H,28,32). The molecule has 8 heteroatoms. The van der Waals surface area contributed by atoms with Gasteiger partial charge < -0.3 is 10.6 Å². The van der Waals surface area contributed by atoms with Crippen molar-refractivity contribution in [3.63, 3.8) is 0 Å². The second kappa shape index (κ2) is 10.6. The fraction of sp³-hybridized carbons (Fsp3) is 0.160. The number of thioether (sulfide) groups is 1. The molecule has 0 spiro atoms. The third kappa shape index (κ3) is 5.94. The zero-order chi connectivity index (χ0) is 23.2. The van der Waals surface area contributed by atoms with Gasteiger partial charge in [0.15, 0.2) is 11.0 Å². The summed E-state index contributed by atoms with van der Waals surface area (Å²) in [5, 5.41) is 16.2. The fourth-order valence-electron chi connectivity index (χ4n) is 3.19. The van der Waals surface area contributed by atoms with E-state index in [0.717, 1.165) is 17.2 Å². The summed E-state index contributed by atoms with van der Waals surface area (Å²) in [6.45, 7) is 4.60. The van der Waals surface area contributed by atoms with Crippen molar-refractivity contribution in [2.45, 2.75) is 25.5 Å². The topological polar surface area (TPSA) is 71.8 Å². The molecule has 1 amide bonds. The predicted molar refractivity (Wildman–Crippen MR) is 135 cm³/mol. The van der Waals surface area contributed by atoms with Gasteiger partial charge in [-0.3, -0.25) is 9.36 Å². The van der Waals surface area contributed by atoms with Crippen LogP contribution in [0, 0.1) is 13.8 Å². The average molecular weight is 478 g/mol. The maximum Gasteiger partial charge on any atom is 0.234 e. The lowest BCUT2D eigenvalue weighted by atomic mass is 10.2. The molecule has 2 N–H and O–H groups in total. The van der Waals surface area contributed by atoms with E-state index in [1.807, 2.05) is 60.0 Å². The van der Waals surface area contributed by atoms with E-state index in [4.69, 9.17) is 11.6 Å². The van der Waals surface area contributed by atoms with Crippen LogP contribution in [0.3, 0.4) is 0 Å². The first-order valence-electron chi connectivity index (χ1n) is 10.5. The van der Waals surface area contributed by atoms with Crippen LogP contribution in [0.1, 0.15) is 17.0 Å². The largest absolute Gasteiger partial charge is 0.378 e. The van der Waals surface area contributed by atoms with Crippen molar-refractivity contribution in [3.05, 3.63) is 94.8 Å². The molecular weight excluding hydrogens is 454 g/mol. The van der Waals surface area contributed by atoms with Gasteiger partial charge in [-0.1, -0.05) is 70.9 Å². The number of rotatable bonds is 8. The molecule has 0 bridgehead atoms. The fourth-order valence-corrected chi connectivity index (χ4v) is 4.15. The Morgan fingerprint density at radius 3 is 2.30 bits per heavy atom. The normalized spacial score (nSPS) is 10.8. The Balaban J connectivity index is 1.51. The van der Waals surface area contributed by atoms with Crippen molar-refractivity contribution in [1.82, 2.24) is 14.8 Å². The van der Waals surface area contributed by atoms with Gasteiger partial charge in [-0.25, -0.2) is 0 Å². The summed E-state index contributed by atoms with van der Waals surface area (Å²) < 4.78 is 1.98. The van der Waals surface area contributed by atoms with Crippen LogP contribution >= 0.6 is 23.4 Å². The molecule has 4 rings (SSSR count). The van der Waals surface area contributed by atoms with E-state index in [2.05, 4.69) is 39.9 Å². The Morgan fingerprint density at radius 1 is 0.939 bits per heavy atom. The first-order chi connectivity index (χ1) is 16.0. The molecule has 0 saturated heterocycles. The quantitative estimate of drug-likeness (QED) is 0.310. The van der Waals surface area contributed by atoms with Crippen LogP contribution in [0.2, 0.25) is 5.02 Å². The van der Waals surface area contributed by atoms with Gasteiger partial charge >= 0.3 is 0 Å². The number of hydrogen-bond acceptors (Lipinski definition) is 5. The minimum absolute atomic E-state index is 0.161. The number of amides is 1. The molecule has 0 radical (unpaired) electrons. The number of carbonyl (C=O) groups is 1. The summed E-state index contributed by atoms with van der Waals surface area (Å²) in [6, 6.07) is 23.5. The van der Waals surface area contributed by atoms with Crippen LogP contribution in [0.5, 0.6) is 0 Å². The second-order valence-electron chi connectivity index (χ2n) is 7.61. The number of para-hydroxylation sites is 1. The van der Waals surface area contributed by atoms with E-state index in [-0.39, 0.29) is 11.7 Å². The van der Waals surface area contributed by atoms with Gasteiger partial charge in [0.2, 0.25) is 5.91 Å². The molecule has 0 aliphatic heterocycles. The highest BCUT2D eigenvalue weighted by Crippen LogP contribution is 2.25. The van der Waals surface area contributed by atoms with Crippen molar-refractivity contribution in [2.24, 2.45) is 0 Å². The summed E-state index contributed by atoms with van der Waals surface area (Å²) in [6.07, 6.45) is 0. The van der Waals surface area contributed by atoms with E-state index in [1.54, 1.807) is 12.1 Å². The number of halogens is 1. The Hall–Kier alpha value is -3.29. The molecule has 1 aromatic heterocycles. The third-order valence-corrected chi connectivity index (χ3v) is 6.23. The molecule has 1 heterocycles. The number of carbonyl (C=O) groups excluding carboxylic acids is 1. The van der Waals surface area contributed by atoms with E-state index in [9.17, 15) is 4.79 Å². The molecule has 0 unspecified atom stereocenters.